The van der Waals surface area contributed by atoms with E-state index < -0.39 is 0 Å². The Morgan fingerprint density at radius 1 is 1.47 bits per heavy atom. The third-order valence-corrected chi connectivity index (χ3v) is 2.87. The van der Waals surface area contributed by atoms with Crippen LogP contribution in [0.2, 0.25) is 0 Å². The maximum absolute atomic E-state index is 11.6. The van der Waals surface area contributed by atoms with Gasteiger partial charge in [-0.05, 0) is 25.5 Å². The van der Waals surface area contributed by atoms with Crippen molar-refractivity contribution in [3.05, 3.63) is 24.0 Å². The summed E-state index contributed by atoms with van der Waals surface area (Å²) in [6.07, 6.45) is 3.21. The summed E-state index contributed by atoms with van der Waals surface area (Å²) in [5.74, 6) is 0.140. The molecule has 0 radical (unpaired) electrons. The molecule has 1 amide bonds. The van der Waals surface area contributed by atoms with Crippen molar-refractivity contribution in [3.8, 4) is 0 Å². The maximum Gasteiger partial charge on any atom is 0.236 e. The molecule has 0 fully saturated rings. The maximum atomic E-state index is 11.6. The van der Waals surface area contributed by atoms with E-state index in [0.717, 1.165) is 26.1 Å². The van der Waals surface area contributed by atoms with Gasteiger partial charge in [0, 0.05) is 38.6 Å². The Morgan fingerprint density at radius 3 is 2.88 bits per heavy atom. The number of carbonyl (C=O) groups is 1. The minimum Gasteiger partial charge on any atom is -0.350 e. The fourth-order valence-electron chi connectivity index (χ4n) is 1.68. The predicted octanol–water partition coefficient (Wildman–Crippen LogP) is 1.47. The molecule has 0 aromatic carbocycles. The molecular weight excluding hydrogens is 214 g/mol. The van der Waals surface area contributed by atoms with Crippen LogP contribution < -0.4 is 5.32 Å². The number of aryl methyl sites for hydroxylation is 1. The van der Waals surface area contributed by atoms with Gasteiger partial charge < -0.3 is 14.8 Å². The molecule has 4 nitrogen and oxygen atoms in total. The normalized spacial score (nSPS) is 10.5. The van der Waals surface area contributed by atoms with Crippen LogP contribution >= 0.6 is 0 Å². The van der Waals surface area contributed by atoms with Gasteiger partial charge in [0.25, 0.3) is 0 Å². The third kappa shape index (κ3) is 4.23. The van der Waals surface area contributed by atoms with Crippen LogP contribution in [0.15, 0.2) is 18.3 Å². The van der Waals surface area contributed by atoms with E-state index in [1.165, 1.54) is 5.69 Å². The molecule has 1 rings (SSSR count). The molecule has 0 saturated heterocycles. The summed E-state index contributed by atoms with van der Waals surface area (Å²) in [4.78, 5) is 13.3. The van der Waals surface area contributed by atoms with E-state index in [9.17, 15) is 4.79 Å². The summed E-state index contributed by atoms with van der Waals surface area (Å²) in [7, 11) is 1.82. The first-order chi connectivity index (χ1) is 8.19. The van der Waals surface area contributed by atoms with Gasteiger partial charge in [-0.1, -0.05) is 6.92 Å². The van der Waals surface area contributed by atoms with E-state index in [-0.39, 0.29) is 5.91 Å². The van der Waals surface area contributed by atoms with Gasteiger partial charge >= 0.3 is 0 Å². The number of carbonyl (C=O) groups excluding carboxylic acids is 1. The SMILES string of the molecule is CCCn1cccc1CNCC(=O)N(C)CC. The standard InChI is InChI=1S/C13H23N3O/c1-4-8-16-9-6-7-12(16)10-14-11-13(17)15(3)5-2/h6-7,9,14H,4-5,8,10-11H2,1-3H3. The van der Waals surface area contributed by atoms with E-state index in [1.807, 2.05) is 20.0 Å². The molecule has 17 heavy (non-hydrogen) atoms. The van der Waals surface area contributed by atoms with E-state index >= 15 is 0 Å². The first-order valence-corrected chi connectivity index (χ1v) is 6.27. The Hall–Kier alpha value is -1.29. The lowest BCUT2D eigenvalue weighted by molar-refractivity contribution is -0.128. The average Bonchev–Trinajstić information content (AvgIpc) is 2.76. The van der Waals surface area contributed by atoms with Crippen molar-refractivity contribution in [1.29, 1.82) is 0 Å². The van der Waals surface area contributed by atoms with Gasteiger partial charge in [0.05, 0.1) is 6.54 Å². The summed E-state index contributed by atoms with van der Waals surface area (Å²) in [6, 6.07) is 4.14. The molecule has 0 aliphatic heterocycles. The molecule has 0 atom stereocenters. The molecule has 0 saturated carbocycles. The number of nitrogens with zero attached hydrogens (tertiary/aromatic N) is 2. The Balaban J connectivity index is 2.35. The van der Waals surface area contributed by atoms with Crippen molar-refractivity contribution in [2.45, 2.75) is 33.4 Å². The Labute approximate surface area is 104 Å². The minimum absolute atomic E-state index is 0.140. The van der Waals surface area contributed by atoms with Crippen molar-refractivity contribution in [3.63, 3.8) is 0 Å². The van der Waals surface area contributed by atoms with Gasteiger partial charge in [-0.15, -0.1) is 0 Å². The molecule has 96 valence electrons. The van der Waals surface area contributed by atoms with Gasteiger partial charge in [-0.2, -0.15) is 0 Å². The van der Waals surface area contributed by atoms with Crippen LogP contribution in [0, 0.1) is 0 Å². The molecule has 1 heterocycles. The molecular formula is C13H23N3O. The van der Waals surface area contributed by atoms with Gasteiger partial charge in [0.2, 0.25) is 5.91 Å². The second-order valence-corrected chi connectivity index (χ2v) is 4.20. The zero-order valence-electron chi connectivity index (χ0n) is 11.1. The van der Waals surface area contributed by atoms with Crippen LogP contribution in [0.4, 0.5) is 0 Å². The highest BCUT2D eigenvalue weighted by Crippen LogP contribution is 2.02. The summed E-state index contributed by atoms with van der Waals surface area (Å²) >= 11 is 0. The van der Waals surface area contributed by atoms with E-state index in [4.69, 9.17) is 0 Å². The van der Waals surface area contributed by atoms with Crippen LogP contribution in [0.25, 0.3) is 0 Å². The number of aromatic nitrogens is 1. The van der Waals surface area contributed by atoms with E-state index in [1.54, 1.807) is 4.90 Å². The first kappa shape index (κ1) is 13.8. The Kier molecular flexibility index (Phi) is 5.77. The second kappa shape index (κ2) is 7.12. The molecule has 0 unspecified atom stereocenters. The summed E-state index contributed by atoms with van der Waals surface area (Å²) in [6.45, 7) is 7.08. The lowest BCUT2D eigenvalue weighted by Crippen LogP contribution is -2.35. The van der Waals surface area contributed by atoms with Crippen LogP contribution in [0.3, 0.4) is 0 Å². The fraction of sp³-hybridized carbons (Fsp3) is 0.615. The van der Waals surface area contributed by atoms with Gasteiger partial charge in [-0.25, -0.2) is 0 Å². The topological polar surface area (TPSA) is 37.3 Å². The fourth-order valence-corrected chi connectivity index (χ4v) is 1.68. The largest absolute Gasteiger partial charge is 0.350 e. The summed E-state index contributed by atoms with van der Waals surface area (Å²) in [5.41, 5.74) is 1.24. The molecule has 1 N–H and O–H groups in total. The lowest BCUT2D eigenvalue weighted by Gasteiger charge is -2.15. The molecule has 1 aromatic heterocycles. The monoisotopic (exact) mass is 237 g/mol. The summed E-state index contributed by atoms with van der Waals surface area (Å²) < 4.78 is 2.22. The molecule has 4 heteroatoms. The van der Waals surface area contributed by atoms with E-state index in [0.29, 0.717) is 6.54 Å². The van der Waals surface area contributed by atoms with E-state index in [2.05, 4.69) is 29.1 Å². The van der Waals surface area contributed by atoms with Crippen LogP contribution in [-0.2, 0) is 17.9 Å². The number of hydrogen-bond donors (Lipinski definition) is 1. The van der Waals surface area contributed by atoms with Gasteiger partial charge in [-0.3, -0.25) is 4.79 Å². The molecule has 0 bridgehead atoms. The molecule has 0 aliphatic carbocycles. The zero-order chi connectivity index (χ0) is 12.7. The first-order valence-electron chi connectivity index (χ1n) is 6.27. The highest BCUT2D eigenvalue weighted by molar-refractivity contribution is 5.77. The van der Waals surface area contributed by atoms with Crippen molar-refractivity contribution in [2.75, 3.05) is 20.1 Å². The van der Waals surface area contributed by atoms with Crippen LogP contribution in [0.1, 0.15) is 26.0 Å². The van der Waals surface area contributed by atoms with Crippen LogP contribution in [0.5, 0.6) is 0 Å². The predicted molar refractivity (Wildman–Crippen MR) is 69.7 cm³/mol. The molecule has 0 spiro atoms. The lowest BCUT2D eigenvalue weighted by atomic mass is 10.4. The average molecular weight is 237 g/mol. The number of hydrogen-bond acceptors (Lipinski definition) is 2. The Morgan fingerprint density at radius 2 is 2.24 bits per heavy atom. The number of rotatable bonds is 7. The molecule has 0 aliphatic rings. The van der Waals surface area contributed by atoms with Crippen LogP contribution in [-0.4, -0.2) is 35.5 Å². The molecule has 1 aromatic rings. The highest BCUT2D eigenvalue weighted by atomic mass is 16.2. The van der Waals surface area contributed by atoms with Crippen molar-refractivity contribution in [2.24, 2.45) is 0 Å². The van der Waals surface area contributed by atoms with Crippen molar-refractivity contribution >= 4 is 5.91 Å². The quantitative estimate of drug-likeness (QED) is 0.779. The Bertz CT molecular complexity index is 346. The van der Waals surface area contributed by atoms with Crippen molar-refractivity contribution < 1.29 is 4.79 Å². The highest BCUT2D eigenvalue weighted by Gasteiger charge is 2.06. The zero-order valence-corrected chi connectivity index (χ0v) is 11.1. The third-order valence-electron chi connectivity index (χ3n) is 2.87. The smallest absolute Gasteiger partial charge is 0.236 e. The minimum atomic E-state index is 0.140. The summed E-state index contributed by atoms with van der Waals surface area (Å²) in [5, 5.41) is 3.19. The number of nitrogens with one attached hydrogen (secondary N) is 1. The van der Waals surface area contributed by atoms with Gasteiger partial charge in [0.15, 0.2) is 0 Å². The number of likely N-dealkylation sites (N-methyl/N-ethyl adjacent to an activating group) is 1. The number of amides is 1. The van der Waals surface area contributed by atoms with Crippen molar-refractivity contribution in [1.82, 2.24) is 14.8 Å². The second-order valence-electron chi connectivity index (χ2n) is 4.20. The van der Waals surface area contributed by atoms with Gasteiger partial charge in [0.1, 0.15) is 0 Å².